The summed E-state index contributed by atoms with van der Waals surface area (Å²) in [5.74, 6) is -1.19. The van der Waals surface area contributed by atoms with Crippen molar-refractivity contribution in [1.29, 1.82) is 0 Å². The molecule has 6 N–H and O–H groups in total. The van der Waals surface area contributed by atoms with Gasteiger partial charge in [-0.2, -0.15) is 0 Å². The molecule has 0 radical (unpaired) electrons. The molecule has 12 nitrogen and oxygen atoms in total. The molecule has 142 valence electrons. The van der Waals surface area contributed by atoms with Crippen LogP contribution in [0.5, 0.6) is 0 Å². The lowest BCUT2D eigenvalue weighted by molar-refractivity contribution is -0.140. The zero-order valence-corrected chi connectivity index (χ0v) is 13.7. The van der Waals surface area contributed by atoms with E-state index in [1.807, 2.05) is 0 Å². The molecule has 3 rings (SSSR count). The Hall–Kier alpha value is -2.38. The third kappa shape index (κ3) is 3.08. The van der Waals surface area contributed by atoms with Gasteiger partial charge in [-0.1, -0.05) is 0 Å². The lowest BCUT2D eigenvalue weighted by Crippen LogP contribution is -2.39. The molecule has 12 heteroatoms. The highest BCUT2D eigenvalue weighted by Gasteiger charge is 2.44. The second-order valence-electron chi connectivity index (χ2n) is 5.98. The van der Waals surface area contributed by atoms with Crippen LogP contribution in [-0.2, 0) is 9.53 Å². The molecule has 2 aromatic heterocycles. The van der Waals surface area contributed by atoms with Crippen molar-refractivity contribution in [2.45, 2.75) is 43.6 Å². The number of aliphatic carboxylic acids is 1. The highest BCUT2D eigenvalue weighted by Crippen LogP contribution is 2.32. The minimum absolute atomic E-state index is 0.0776. The normalized spacial score (nSPS) is 28.2. The highest BCUT2D eigenvalue weighted by atomic mass is 16.6. The van der Waals surface area contributed by atoms with Crippen LogP contribution < -0.4 is 5.32 Å². The van der Waals surface area contributed by atoms with Gasteiger partial charge in [0.1, 0.15) is 24.6 Å². The van der Waals surface area contributed by atoms with E-state index in [0.717, 1.165) is 6.33 Å². The zero-order valence-electron chi connectivity index (χ0n) is 13.7. The molecule has 2 aromatic rings. The molecule has 3 heterocycles. The van der Waals surface area contributed by atoms with E-state index >= 15 is 0 Å². The van der Waals surface area contributed by atoms with Gasteiger partial charge < -0.3 is 35.6 Å². The number of hydrogen-bond donors (Lipinski definition) is 6. The Kier molecular flexibility index (Phi) is 5.02. The molecule has 1 aliphatic rings. The van der Waals surface area contributed by atoms with Crippen LogP contribution in [0.1, 0.15) is 13.2 Å². The molecular weight excluding hydrogens is 350 g/mol. The Labute approximate surface area is 146 Å². The molecule has 26 heavy (non-hydrogen) atoms. The fraction of sp³-hybridized carbons (Fsp3) is 0.571. The second-order valence-corrected chi connectivity index (χ2v) is 5.98. The van der Waals surface area contributed by atoms with E-state index < -0.39 is 49.3 Å². The summed E-state index contributed by atoms with van der Waals surface area (Å²) in [6.45, 7) is 0.847. The molecular formula is C14H19N5O7. The number of nitrogens with zero attached hydrogens (tertiary/aromatic N) is 4. The Morgan fingerprint density at radius 3 is 2.65 bits per heavy atom. The van der Waals surface area contributed by atoms with Crippen molar-refractivity contribution < 1.29 is 35.1 Å². The molecule has 1 fully saturated rings. The number of anilines is 1. The number of nitrogens with one attached hydrogen (secondary N) is 1. The van der Waals surface area contributed by atoms with Crippen molar-refractivity contribution >= 4 is 23.0 Å². The minimum atomic E-state index is -1.32. The first-order valence-corrected chi connectivity index (χ1v) is 7.82. The van der Waals surface area contributed by atoms with Crippen molar-refractivity contribution in [3.63, 3.8) is 0 Å². The Morgan fingerprint density at radius 1 is 1.35 bits per heavy atom. The van der Waals surface area contributed by atoms with Crippen LogP contribution >= 0.6 is 0 Å². The van der Waals surface area contributed by atoms with E-state index in [1.54, 1.807) is 0 Å². The van der Waals surface area contributed by atoms with Crippen LogP contribution in [0, 0.1) is 0 Å². The van der Waals surface area contributed by atoms with Gasteiger partial charge in [0.25, 0.3) is 0 Å². The van der Waals surface area contributed by atoms with Gasteiger partial charge in [-0.3, -0.25) is 4.57 Å². The molecule has 0 spiro atoms. The van der Waals surface area contributed by atoms with E-state index in [1.165, 1.54) is 17.8 Å². The van der Waals surface area contributed by atoms with Crippen molar-refractivity contribution in [3.8, 4) is 0 Å². The van der Waals surface area contributed by atoms with Crippen molar-refractivity contribution in [1.82, 2.24) is 19.5 Å². The summed E-state index contributed by atoms with van der Waals surface area (Å²) in [6, 6.07) is -1.31. The number of imidazole rings is 1. The van der Waals surface area contributed by atoms with Gasteiger partial charge in [-0.05, 0) is 6.92 Å². The number of fused-ring (bicyclic) bond motifs is 1. The molecule has 1 saturated heterocycles. The van der Waals surface area contributed by atoms with Crippen LogP contribution in [0.25, 0.3) is 11.2 Å². The van der Waals surface area contributed by atoms with Crippen LogP contribution in [0.15, 0.2) is 12.7 Å². The molecule has 5 unspecified atom stereocenters. The van der Waals surface area contributed by atoms with E-state index in [9.17, 15) is 30.3 Å². The summed E-state index contributed by atoms with van der Waals surface area (Å²) in [5.41, 5.74) is 0.407. The van der Waals surface area contributed by atoms with E-state index in [-0.39, 0.29) is 17.0 Å². The van der Waals surface area contributed by atoms with Crippen LogP contribution in [0.2, 0.25) is 0 Å². The maximum absolute atomic E-state index is 11.2. The molecule has 0 aliphatic carbocycles. The average Bonchev–Trinajstić information content (AvgIpc) is 3.14. The van der Waals surface area contributed by atoms with Crippen LogP contribution in [0.3, 0.4) is 0 Å². The minimum Gasteiger partial charge on any atom is -0.480 e. The molecule has 0 bridgehead atoms. The van der Waals surface area contributed by atoms with E-state index in [4.69, 9.17) is 4.74 Å². The Balaban J connectivity index is 1.96. The summed E-state index contributed by atoms with van der Waals surface area (Å²) < 4.78 is 6.79. The monoisotopic (exact) mass is 369 g/mol. The molecule has 0 aromatic carbocycles. The topological polar surface area (TPSA) is 183 Å². The largest absolute Gasteiger partial charge is 0.480 e. The van der Waals surface area contributed by atoms with Gasteiger partial charge >= 0.3 is 5.97 Å². The van der Waals surface area contributed by atoms with Gasteiger partial charge in [-0.15, -0.1) is 0 Å². The maximum Gasteiger partial charge on any atom is 0.328 e. The fourth-order valence-corrected chi connectivity index (χ4v) is 2.79. The number of aliphatic hydroxyl groups is 4. The third-order valence-electron chi connectivity index (χ3n) is 4.19. The quantitative estimate of drug-likeness (QED) is 0.321. The molecule has 0 saturated carbocycles. The van der Waals surface area contributed by atoms with Gasteiger partial charge in [0.2, 0.25) is 0 Å². The number of carbonyl (C=O) groups is 1. The van der Waals surface area contributed by atoms with Gasteiger partial charge in [0, 0.05) is 0 Å². The lowest BCUT2D eigenvalue weighted by Gasteiger charge is -2.18. The fourth-order valence-electron chi connectivity index (χ4n) is 2.79. The van der Waals surface area contributed by atoms with E-state index in [0.29, 0.717) is 0 Å². The summed E-state index contributed by atoms with van der Waals surface area (Å²) in [5, 5.41) is 50.6. The smallest absolute Gasteiger partial charge is 0.328 e. The van der Waals surface area contributed by atoms with Crippen molar-refractivity contribution in [2.75, 3.05) is 11.9 Å². The number of ether oxygens (including phenoxy) is 1. The molecule has 0 amide bonds. The Morgan fingerprint density at radius 2 is 2.08 bits per heavy atom. The SMILES string of the molecule is CC(O)[C@H](Nc1ncnc2c1ncn2C1OC(CO)C(O)C1O)C(=O)O. The first-order valence-electron chi connectivity index (χ1n) is 7.82. The maximum atomic E-state index is 11.2. The standard InChI is InChI=1S/C14H19N5O7/c1-5(21)7(14(24)25)18-11-8-12(16-3-15-11)19(4-17-8)13-10(23)9(22)6(2-20)26-13/h3-7,9-10,13,20-23H,2H2,1H3,(H,24,25)(H,15,16,18)/t5?,6?,7-,9?,10?,13?/m0/s1. The van der Waals surface area contributed by atoms with Gasteiger partial charge in [-0.25, -0.2) is 19.7 Å². The highest BCUT2D eigenvalue weighted by molar-refractivity contribution is 5.86. The van der Waals surface area contributed by atoms with Gasteiger partial charge in [0.15, 0.2) is 29.3 Å². The van der Waals surface area contributed by atoms with Crippen LogP contribution in [-0.4, -0.2) is 88.1 Å². The summed E-state index contributed by atoms with van der Waals surface area (Å²) in [7, 11) is 0. The van der Waals surface area contributed by atoms with Crippen LogP contribution in [0.4, 0.5) is 5.82 Å². The first-order chi connectivity index (χ1) is 12.3. The second kappa shape index (κ2) is 7.09. The third-order valence-corrected chi connectivity index (χ3v) is 4.19. The number of carboxylic acids is 1. The summed E-state index contributed by atoms with van der Waals surface area (Å²) in [4.78, 5) is 23.4. The number of carboxylic acid groups (broad SMARTS) is 1. The first kappa shape index (κ1) is 18.4. The van der Waals surface area contributed by atoms with Crippen molar-refractivity contribution in [2.24, 2.45) is 0 Å². The summed E-state index contributed by atoms with van der Waals surface area (Å²) >= 11 is 0. The summed E-state index contributed by atoms with van der Waals surface area (Å²) in [6.07, 6.45) is -3.34. The average molecular weight is 369 g/mol. The number of rotatable bonds is 6. The van der Waals surface area contributed by atoms with E-state index in [2.05, 4.69) is 20.3 Å². The predicted molar refractivity (Wildman–Crippen MR) is 85.1 cm³/mol. The number of hydrogen-bond acceptors (Lipinski definition) is 10. The van der Waals surface area contributed by atoms with Gasteiger partial charge in [0.05, 0.1) is 19.0 Å². The van der Waals surface area contributed by atoms with Crippen molar-refractivity contribution in [3.05, 3.63) is 12.7 Å². The zero-order chi connectivity index (χ0) is 19.0. The molecule has 1 aliphatic heterocycles. The predicted octanol–water partition coefficient (Wildman–Crippen LogP) is -2.32. The molecule has 6 atom stereocenters. The Bertz CT molecular complexity index is 797. The number of aliphatic hydroxyl groups excluding tert-OH is 4. The number of aromatic nitrogens is 4. The lowest BCUT2D eigenvalue weighted by atomic mass is 10.1.